The second kappa shape index (κ2) is 12.4. The summed E-state index contributed by atoms with van der Waals surface area (Å²) in [5.41, 5.74) is 14.0. The van der Waals surface area contributed by atoms with E-state index < -0.39 is 0 Å². The fourth-order valence-electron chi connectivity index (χ4n) is 9.90. The second-order valence-electron chi connectivity index (χ2n) is 15.5. The van der Waals surface area contributed by atoms with E-state index in [2.05, 4.69) is 191 Å². The van der Waals surface area contributed by atoms with Crippen molar-refractivity contribution < 1.29 is 0 Å². The van der Waals surface area contributed by atoms with Crippen LogP contribution in [0.1, 0.15) is 17.7 Å². The lowest BCUT2D eigenvalue weighted by Crippen LogP contribution is -2.03. The molecule has 0 aliphatic heterocycles. The molecular formula is C54H34N2S2. The molecule has 58 heavy (non-hydrogen) atoms. The highest BCUT2D eigenvalue weighted by Gasteiger charge is 2.24. The average Bonchev–Trinajstić information content (AvgIpc) is 4.04. The number of para-hydroxylation sites is 2. The van der Waals surface area contributed by atoms with Gasteiger partial charge in [-0.3, -0.25) is 0 Å². The third kappa shape index (κ3) is 4.59. The van der Waals surface area contributed by atoms with Crippen molar-refractivity contribution in [1.29, 1.82) is 0 Å². The molecule has 4 aromatic heterocycles. The third-order valence-electron chi connectivity index (χ3n) is 12.4. The van der Waals surface area contributed by atoms with Gasteiger partial charge in [-0.2, -0.15) is 0 Å². The Morgan fingerprint density at radius 3 is 1.91 bits per heavy atom. The van der Waals surface area contributed by atoms with E-state index in [1.807, 2.05) is 22.7 Å². The molecule has 0 radical (unpaired) electrons. The third-order valence-corrected chi connectivity index (χ3v) is 14.8. The normalized spacial score (nSPS) is 13.0. The van der Waals surface area contributed by atoms with Gasteiger partial charge in [-0.25, -0.2) is 0 Å². The minimum absolute atomic E-state index is 1.000. The second-order valence-corrected chi connectivity index (χ2v) is 17.6. The Morgan fingerprint density at radius 1 is 0.414 bits per heavy atom. The molecule has 0 amide bonds. The summed E-state index contributed by atoms with van der Waals surface area (Å²) in [4.78, 5) is 0. The standard InChI is InChI=1S/C54H34N2S2/c1-2-14-34(15-3-1)55-47-24-9-5-19-42(47)52-36(20-13-25-49(52)55)33-28-29-48-43(30-33)37-16-4-8-23-46(37)56(48)35-31-44-39-18-7-11-27-51(39)58-54(44)45(32-35)41-22-12-21-40-38-17-6-10-26-50(38)57-53(40)41/h1-7,9-22,24-32H,8,23H2. The van der Waals surface area contributed by atoms with Gasteiger partial charge >= 0.3 is 0 Å². The molecule has 4 heterocycles. The molecule has 4 heteroatoms. The first-order chi connectivity index (χ1) is 28.8. The number of allylic oxidation sites excluding steroid dienone is 1. The number of thiophene rings is 2. The molecule has 13 rings (SSSR count). The predicted molar refractivity (Wildman–Crippen MR) is 252 cm³/mol. The highest BCUT2D eigenvalue weighted by atomic mass is 32.1. The first-order valence-corrected chi connectivity index (χ1v) is 21.7. The van der Waals surface area contributed by atoms with Gasteiger partial charge in [0.2, 0.25) is 0 Å². The molecule has 1 aliphatic carbocycles. The van der Waals surface area contributed by atoms with Crippen molar-refractivity contribution >= 4 is 102 Å². The highest BCUT2D eigenvalue weighted by molar-refractivity contribution is 7.27. The van der Waals surface area contributed by atoms with E-state index in [0.29, 0.717) is 0 Å². The smallest absolute Gasteiger partial charge is 0.0547 e. The van der Waals surface area contributed by atoms with Gasteiger partial charge in [0.1, 0.15) is 0 Å². The van der Waals surface area contributed by atoms with E-state index in [0.717, 1.165) is 12.8 Å². The fraction of sp³-hybridized carbons (Fsp3) is 0.0370. The molecule has 272 valence electrons. The fourth-order valence-corrected chi connectivity index (χ4v) is 12.3. The molecule has 1 aliphatic rings. The zero-order valence-electron chi connectivity index (χ0n) is 31.4. The molecule has 0 N–H and O–H groups in total. The molecule has 0 saturated carbocycles. The van der Waals surface area contributed by atoms with E-state index in [1.54, 1.807) is 0 Å². The van der Waals surface area contributed by atoms with Gasteiger partial charge < -0.3 is 9.13 Å². The zero-order chi connectivity index (χ0) is 37.9. The molecule has 2 nitrogen and oxygen atoms in total. The van der Waals surface area contributed by atoms with Gasteiger partial charge in [-0.15, -0.1) is 22.7 Å². The van der Waals surface area contributed by atoms with Crippen molar-refractivity contribution in [3.8, 4) is 33.6 Å². The Hall–Kier alpha value is -6.72. The van der Waals surface area contributed by atoms with Crippen molar-refractivity contribution in [3.63, 3.8) is 0 Å². The molecule has 0 spiro atoms. The van der Waals surface area contributed by atoms with Gasteiger partial charge in [0.05, 0.1) is 16.6 Å². The number of hydrogen-bond acceptors (Lipinski definition) is 2. The van der Waals surface area contributed by atoms with Crippen LogP contribution in [0.5, 0.6) is 0 Å². The van der Waals surface area contributed by atoms with E-state index in [4.69, 9.17) is 0 Å². The highest BCUT2D eigenvalue weighted by Crippen LogP contribution is 2.48. The Labute approximate surface area is 342 Å². The summed E-state index contributed by atoms with van der Waals surface area (Å²) >= 11 is 3.84. The maximum atomic E-state index is 2.58. The molecule has 12 aromatic rings. The monoisotopic (exact) mass is 774 g/mol. The Balaban J connectivity index is 1.07. The van der Waals surface area contributed by atoms with Crippen LogP contribution >= 0.6 is 22.7 Å². The molecule has 0 atom stereocenters. The van der Waals surface area contributed by atoms with Crippen LogP contribution in [0.2, 0.25) is 0 Å². The van der Waals surface area contributed by atoms with Crippen LogP contribution in [0.25, 0.3) is 113 Å². The summed E-state index contributed by atoms with van der Waals surface area (Å²) < 4.78 is 10.4. The quantitative estimate of drug-likeness (QED) is 0.169. The SMILES string of the molecule is C1=Cc2c(n(-c3cc(-c4cccc5c4sc4ccccc45)c4sc5ccccc5c4c3)c3ccc(-c4cccc5c4c4ccccc4n5-c4ccccc4)cc23)CC1. The maximum absolute atomic E-state index is 2.58. The van der Waals surface area contributed by atoms with Crippen LogP contribution in [-0.2, 0) is 6.42 Å². The van der Waals surface area contributed by atoms with Gasteiger partial charge in [0.25, 0.3) is 0 Å². The van der Waals surface area contributed by atoms with Crippen molar-refractivity contribution in [1.82, 2.24) is 9.13 Å². The molecule has 0 saturated heterocycles. The van der Waals surface area contributed by atoms with E-state index in [9.17, 15) is 0 Å². The summed E-state index contributed by atoms with van der Waals surface area (Å²) in [5.74, 6) is 0. The number of rotatable bonds is 4. The van der Waals surface area contributed by atoms with Crippen LogP contribution in [0.3, 0.4) is 0 Å². The summed E-state index contributed by atoms with van der Waals surface area (Å²) in [6.07, 6.45) is 6.77. The van der Waals surface area contributed by atoms with Crippen LogP contribution in [-0.4, -0.2) is 9.13 Å². The van der Waals surface area contributed by atoms with Crippen LogP contribution in [0.4, 0.5) is 0 Å². The zero-order valence-corrected chi connectivity index (χ0v) is 33.1. The van der Waals surface area contributed by atoms with Crippen molar-refractivity contribution in [3.05, 3.63) is 187 Å². The van der Waals surface area contributed by atoms with Crippen LogP contribution in [0.15, 0.2) is 176 Å². The largest absolute Gasteiger partial charge is 0.313 e. The van der Waals surface area contributed by atoms with Gasteiger partial charge in [-0.1, -0.05) is 121 Å². The topological polar surface area (TPSA) is 9.86 Å². The van der Waals surface area contributed by atoms with Crippen LogP contribution in [0, 0.1) is 0 Å². The molecule has 0 fully saturated rings. The number of nitrogens with zero attached hydrogens (tertiary/aromatic N) is 2. The lowest BCUT2D eigenvalue weighted by atomic mass is 9.96. The number of aromatic nitrogens is 2. The maximum Gasteiger partial charge on any atom is 0.0547 e. The summed E-state index contributed by atoms with van der Waals surface area (Å²) in [6.45, 7) is 0. The number of fused-ring (bicyclic) bond motifs is 12. The van der Waals surface area contributed by atoms with Crippen LogP contribution < -0.4 is 0 Å². The Morgan fingerprint density at radius 2 is 1.07 bits per heavy atom. The number of hydrogen-bond donors (Lipinski definition) is 0. The lowest BCUT2D eigenvalue weighted by Gasteiger charge is -2.16. The summed E-state index contributed by atoms with van der Waals surface area (Å²) in [5, 5.41) is 9.18. The van der Waals surface area contributed by atoms with Gasteiger partial charge in [0.15, 0.2) is 0 Å². The summed E-state index contributed by atoms with van der Waals surface area (Å²) in [7, 11) is 0. The Kier molecular flexibility index (Phi) is 6.91. The Bertz CT molecular complexity index is 3680. The molecule has 0 bridgehead atoms. The predicted octanol–water partition coefficient (Wildman–Crippen LogP) is 15.8. The molecule has 0 unspecified atom stereocenters. The first-order valence-electron chi connectivity index (χ1n) is 20.1. The van der Waals surface area contributed by atoms with Gasteiger partial charge in [-0.05, 0) is 84.6 Å². The van der Waals surface area contributed by atoms with E-state index in [1.165, 1.54) is 118 Å². The molecule has 8 aromatic carbocycles. The van der Waals surface area contributed by atoms with Crippen molar-refractivity contribution in [2.45, 2.75) is 12.8 Å². The van der Waals surface area contributed by atoms with E-state index in [-0.39, 0.29) is 0 Å². The minimum atomic E-state index is 1.000. The minimum Gasteiger partial charge on any atom is -0.313 e. The van der Waals surface area contributed by atoms with Crippen molar-refractivity contribution in [2.75, 3.05) is 0 Å². The summed E-state index contributed by atoms with van der Waals surface area (Å²) in [6, 6.07) is 63.2. The van der Waals surface area contributed by atoms with E-state index >= 15 is 0 Å². The number of benzene rings is 8. The lowest BCUT2D eigenvalue weighted by molar-refractivity contribution is 0.889. The molecular weight excluding hydrogens is 741 g/mol. The van der Waals surface area contributed by atoms with Crippen molar-refractivity contribution in [2.24, 2.45) is 0 Å². The first kappa shape index (κ1) is 32.4. The van der Waals surface area contributed by atoms with Gasteiger partial charge in [0, 0.05) is 90.3 Å². The average molecular weight is 775 g/mol.